The number of benzene rings is 1. The third kappa shape index (κ3) is 3.26. The van der Waals surface area contributed by atoms with E-state index in [4.69, 9.17) is 9.97 Å². The molecule has 1 aromatic carbocycles. The Hall–Kier alpha value is -3.48. The first-order chi connectivity index (χ1) is 13.8. The zero-order valence-electron chi connectivity index (χ0n) is 15.3. The number of phenolic OH excluding ortho intramolecular Hbond substituents is 1. The highest BCUT2D eigenvalue weighted by Crippen LogP contribution is 2.37. The van der Waals surface area contributed by atoms with E-state index < -0.39 is 0 Å². The number of nitrogens with zero attached hydrogens (tertiary/aromatic N) is 5. The summed E-state index contributed by atoms with van der Waals surface area (Å²) in [6.07, 6.45) is 8.54. The molecule has 0 atom stereocenters. The summed E-state index contributed by atoms with van der Waals surface area (Å²) in [6, 6.07) is 11.6. The lowest BCUT2D eigenvalue weighted by Gasteiger charge is -2.10. The highest BCUT2D eigenvalue weighted by atomic mass is 16.3. The van der Waals surface area contributed by atoms with Gasteiger partial charge in [0, 0.05) is 30.5 Å². The van der Waals surface area contributed by atoms with Gasteiger partial charge < -0.3 is 15.0 Å². The number of phenols is 1. The number of anilines is 1. The molecule has 0 spiro atoms. The van der Waals surface area contributed by atoms with Crippen LogP contribution in [-0.2, 0) is 6.42 Å². The van der Waals surface area contributed by atoms with E-state index >= 15 is 0 Å². The van der Waals surface area contributed by atoms with Crippen molar-refractivity contribution in [3.8, 4) is 17.1 Å². The average molecular weight is 372 g/mol. The Labute approximate surface area is 162 Å². The van der Waals surface area contributed by atoms with Crippen LogP contribution < -0.4 is 5.32 Å². The number of aromatic nitrogens is 5. The number of hydrogen-bond donors (Lipinski definition) is 2. The van der Waals surface area contributed by atoms with Gasteiger partial charge in [-0.05, 0) is 49.1 Å². The molecule has 5 rings (SSSR count). The number of imidazole rings is 1. The second kappa shape index (κ2) is 6.92. The summed E-state index contributed by atoms with van der Waals surface area (Å²) in [5, 5.41) is 12.8. The molecule has 140 valence electrons. The lowest BCUT2D eigenvalue weighted by atomic mass is 10.1. The topological polar surface area (TPSA) is 88.8 Å². The van der Waals surface area contributed by atoms with Gasteiger partial charge in [0.1, 0.15) is 11.3 Å². The van der Waals surface area contributed by atoms with Crippen LogP contribution in [0.3, 0.4) is 0 Å². The van der Waals surface area contributed by atoms with Crippen LogP contribution in [-0.4, -0.2) is 36.2 Å². The average Bonchev–Trinajstić information content (AvgIpc) is 3.49. The van der Waals surface area contributed by atoms with Gasteiger partial charge in [-0.25, -0.2) is 15.0 Å². The third-order valence-electron chi connectivity index (χ3n) is 4.92. The van der Waals surface area contributed by atoms with Gasteiger partial charge in [0.25, 0.3) is 0 Å². The predicted molar refractivity (Wildman–Crippen MR) is 107 cm³/mol. The molecule has 0 amide bonds. The van der Waals surface area contributed by atoms with E-state index in [0.29, 0.717) is 18.4 Å². The van der Waals surface area contributed by atoms with Crippen molar-refractivity contribution in [1.29, 1.82) is 0 Å². The first kappa shape index (κ1) is 16.7. The van der Waals surface area contributed by atoms with Crippen LogP contribution in [0.15, 0.2) is 55.1 Å². The van der Waals surface area contributed by atoms with Gasteiger partial charge in [0.2, 0.25) is 0 Å². The summed E-state index contributed by atoms with van der Waals surface area (Å²) in [5.74, 6) is 1.66. The number of nitrogens with one attached hydrogen (secondary N) is 1. The predicted octanol–water partition coefficient (Wildman–Crippen LogP) is 3.58. The largest absolute Gasteiger partial charge is 0.508 e. The van der Waals surface area contributed by atoms with Gasteiger partial charge in [-0.1, -0.05) is 12.1 Å². The van der Waals surface area contributed by atoms with Crippen LogP contribution in [0.2, 0.25) is 0 Å². The van der Waals surface area contributed by atoms with Gasteiger partial charge in [0.15, 0.2) is 17.3 Å². The molecule has 2 N–H and O–H groups in total. The maximum atomic E-state index is 9.42. The van der Waals surface area contributed by atoms with E-state index in [1.165, 1.54) is 12.8 Å². The minimum atomic E-state index is 0.279. The van der Waals surface area contributed by atoms with Crippen molar-refractivity contribution in [2.75, 3.05) is 11.9 Å². The van der Waals surface area contributed by atoms with Gasteiger partial charge >= 0.3 is 0 Å². The molecule has 1 fully saturated rings. The minimum Gasteiger partial charge on any atom is -0.508 e. The molecule has 28 heavy (non-hydrogen) atoms. The molecule has 3 heterocycles. The quantitative estimate of drug-likeness (QED) is 0.538. The number of pyridine rings is 1. The zero-order valence-corrected chi connectivity index (χ0v) is 15.3. The van der Waals surface area contributed by atoms with Crippen molar-refractivity contribution in [3.05, 3.63) is 60.7 Å². The highest BCUT2D eigenvalue weighted by Gasteiger charge is 2.27. The SMILES string of the molecule is Oc1ccc(CCNc2nc(-c3cccnc3)nc3c2ncn3C2CC2)cc1. The van der Waals surface area contributed by atoms with Crippen LogP contribution in [0.4, 0.5) is 5.82 Å². The molecule has 7 nitrogen and oxygen atoms in total. The number of hydrogen-bond acceptors (Lipinski definition) is 6. The summed E-state index contributed by atoms with van der Waals surface area (Å²) < 4.78 is 2.15. The maximum Gasteiger partial charge on any atom is 0.166 e. The Kier molecular flexibility index (Phi) is 4.12. The Bertz CT molecular complexity index is 1100. The van der Waals surface area contributed by atoms with Crippen LogP contribution in [0, 0.1) is 0 Å². The zero-order chi connectivity index (χ0) is 18.9. The van der Waals surface area contributed by atoms with Crippen molar-refractivity contribution in [2.45, 2.75) is 25.3 Å². The minimum absolute atomic E-state index is 0.279. The summed E-state index contributed by atoms with van der Waals surface area (Å²) in [5.41, 5.74) is 3.69. The van der Waals surface area contributed by atoms with Crippen LogP contribution >= 0.6 is 0 Å². The Morgan fingerprint density at radius 2 is 1.96 bits per heavy atom. The van der Waals surface area contributed by atoms with Crippen molar-refractivity contribution >= 4 is 17.0 Å². The molecule has 0 bridgehead atoms. The molecule has 0 radical (unpaired) electrons. The number of aromatic hydroxyl groups is 1. The van der Waals surface area contributed by atoms with E-state index in [9.17, 15) is 5.11 Å². The molecular formula is C21H20N6O. The standard InChI is InChI=1S/C21H20N6O/c28-17-7-3-14(4-8-17)9-11-23-20-18-21(27(13-24-18)16-5-6-16)26-19(25-20)15-2-1-10-22-12-15/h1-4,7-8,10,12-13,16,28H,5-6,9,11H2,(H,23,25,26). The third-order valence-corrected chi connectivity index (χ3v) is 4.92. The summed E-state index contributed by atoms with van der Waals surface area (Å²) in [7, 11) is 0. The fraction of sp³-hybridized carbons (Fsp3) is 0.238. The van der Waals surface area contributed by atoms with Crippen molar-refractivity contribution in [3.63, 3.8) is 0 Å². The summed E-state index contributed by atoms with van der Waals surface area (Å²) >= 11 is 0. The van der Waals surface area contributed by atoms with Gasteiger partial charge in [0.05, 0.1) is 6.33 Å². The molecule has 0 unspecified atom stereocenters. The first-order valence-corrected chi connectivity index (χ1v) is 9.45. The number of rotatable bonds is 6. The molecule has 1 aliphatic carbocycles. The maximum absolute atomic E-state index is 9.42. The van der Waals surface area contributed by atoms with Crippen molar-refractivity contribution in [2.24, 2.45) is 0 Å². The van der Waals surface area contributed by atoms with Crippen LogP contribution in [0.5, 0.6) is 5.75 Å². The van der Waals surface area contributed by atoms with Crippen molar-refractivity contribution < 1.29 is 5.11 Å². The number of fused-ring (bicyclic) bond motifs is 1. The van der Waals surface area contributed by atoms with Gasteiger partial charge in [-0.2, -0.15) is 0 Å². The van der Waals surface area contributed by atoms with E-state index in [-0.39, 0.29) is 5.75 Å². The fourth-order valence-electron chi connectivity index (χ4n) is 3.27. The molecule has 0 saturated heterocycles. The van der Waals surface area contributed by atoms with E-state index in [2.05, 4.69) is 19.9 Å². The van der Waals surface area contributed by atoms with Crippen LogP contribution in [0.1, 0.15) is 24.4 Å². The Balaban J connectivity index is 1.47. The molecule has 4 aromatic rings. The van der Waals surface area contributed by atoms with Crippen LogP contribution in [0.25, 0.3) is 22.6 Å². The summed E-state index contributed by atoms with van der Waals surface area (Å²) in [6.45, 7) is 0.708. The smallest absolute Gasteiger partial charge is 0.166 e. The molecule has 0 aliphatic heterocycles. The molecule has 1 aliphatic rings. The fourth-order valence-corrected chi connectivity index (χ4v) is 3.27. The second-order valence-corrected chi connectivity index (χ2v) is 7.04. The molecule has 7 heteroatoms. The Morgan fingerprint density at radius 3 is 2.71 bits per heavy atom. The van der Waals surface area contributed by atoms with Gasteiger partial charge in [-0.3, -0.25) is 4.98 Å². The normalized spacial score (nSPS) is 13.7. The van der Waals surface area contributed by atoms with Gasteiger partial charge in [-0.15, -0.1) is 0 Å². The van der Waals surface area contributed by atoms with E-state index in [1.807, 2.05) is 30.6 Å². The van der Waals surface area contributed by atoms with E-state index in [1.54, 1.807) is 24.5 Å². The highest BCUT2D eigenvalue weighted by molar-refractivity contribution is 5.85. The van der Waals surface area contributed by atoms with Crippen molar-refractivity contribution in [1.82, 2.24) is 24.5 Å². The summed E-state index contributed by atoms with van der Waals surface area (Å²) in [4.78, 5) is 18.3. The lowest BCUT2D eigenvalue weighted by molar-refractivity contribution is 0.475. The van der Waals surface area contributed by atoms with E-state index in [0.717, 1.165) is 34.5 Å². The molecule has 3 aromatic heterocycles. The first-order valence-electron chi connectivity index (χ1n) is 9.45. The molecule has 1 saturated carbocycles. The monoisotopic (exact) mass is 372 g/mol. The Morgan fingerprint density at radius 1 is 1.11 bits per heavy atom. The lowest BCUT2D eigenvalue weighted by Crippen LogP contribution is -2.08. The second-order valence-electron chi connectivity index (χ2n) is 7.04. The molecular weight excluding hydrogens is 352 g/mol.